The Morgan fingerprint density at radius 1 is 1.03 bits per heavy atom. The molecule has 2 saturated carbocycles. The summed E-state index contributed by atoms with van der Waals surface area (Å²) in [6.45, 7) is 5.20. The molecule has 4 amide bonds. The predicted octanol–water partition coefficient (Wildman–Crippen LogP) is 5.10. The summed E-state index contributed by atoms with van der Waals surface area (Å²) in [5, 5.41) is 6.53. The summed E-state index contributed by atoms with van der Waals surface area (Å²) in [7, 11) is -2.32. The van der Waals surface area contributed by atoms with Gasteiger partial charge in [-0.25, -0.2) is 23.2 Å². The van der Waals surface area contributed by atoms with Gasteiger partial charge in [-0.15, -0.1) is 11.3 Å². The van der Waals surface area contributed by atoms with Crippen molar-refractivity contribution in [2.45, 2.75) is 132 Å². The average molecular weight is 849 g/mol. The number of carbonyl (C=O) groups is 4. The molecule has 4 heterocycles. The minimum atomic E-state index is -3.91. The molecule has 1 aromatic carbocycles. The van der Waals surface area contributed by atoms with Gasteiger partial charge in [-0.2, -0.15) is 0 Å². The van der Waals surface area contributed by atoms with E-state index < -0.39 is 74.3 Å². The SMILES string of the molecule is COc1ccc2c(O[C@H]3C[C@H]4C(=O)N[C@]5(C(=O)NS(=O)(=O)C6CC6)C[C@H]5/C=C\CCCCC[C@@H](NC(=O)OC(C)(C)C)C(=O)N4C3)cc(-c3nc4c(s3)CCC4)nc2c1. The Hall–Kier alpha value is -4.77. The van der Waals surface area contributed by atoms with Gasteiger partial charge in [-0.05, 0) is 90.7 Å². The second kappa shape index (κ2) is 16.0. The van der Waals surface area contributed by atoms with Gasteiger partial charge in [-0.1, -0.05) is 25.0 Å². The average Bonchev–Trinajstić information content (AvgIpc) is 4.00. The number of alkyl carbamates (subject to hydrolysis) is 1. The highest BCUT2D eigenvalue weighted by molar-refractivity contribution is 7.91. The van der Waals surface area contributed by atoms with E-state index in [1.165, 1.54) is 9.78 Å². The molecular formula is C42H52N6O9S2. The van der Waals surface area contributed by atoms with E-state index in [2.05, 4.69) is 15.4 Å². The van der Waals surface area contributed by atoms with Gasteiger partial charge in [0.15, 0.2) is 0 Å². The number of nitrogens with one attached hydrogen (secondary N) is 3. The molecule has 15 nitrogen and oxygen atoms in total. The standard InChI is InChI=1S/C42H52N6O9S2/c1-41(2,3)57-40(52)45-30-12-9-7-5-6-8-11-24-22-42(24,39(51)47-59(53,54)27-16-17-27)46-36(49)33-20-26(23-48(33)38(30)50)56-34-21-32(37-44-29-13-10-14-35(29)58-37)43-31-19-25(55-4)15-18-28(31)34/h8,11,15,18-19,21,24,26-27,30,33H,5-7,9-10,12-14,16-17,20,22-23H2,1-4H3,(H,45,52)(H,46,49)(H,47,51)/b11-8-/t24-,26+,30-,33+,42-/m1/s1. The maximum absolute atomic E-state index is 14.7. The fourth-order valence-corrected chi connectivity index (χ4v) is 10.8. The molecule has 2 aromatic heterocycles. The van der Waals surface area contributed by atoms with E-state index in [9.17, 15) is 27.6 Å². The summed E-state index contributed by atoms with van der Waals surface area (Å²) in [6.07, 6.45) is 9.73. The van der Waals surface area contributed by atoms with Crippen molar-refractivity contribution in [3.63, 3.8) is 0 Å². The second-order valence-corrected chi connectivity index (χ2v) is 20.4. The van der Waals surface area contributed by atoms with E-state index in [0.717, 1.165) is 42.8 Å². The largest absolute Gasteiger partial charge is 0.497 e. The molecule has 3 N–H and O–H groups in total. The van der Waals surface area contributed by atoms with Crippen LogP contribution < -0.4 is 24.8 Å². The fourth-order valence-electron chi connectivity index (χ4n) is 8.29. The Morgan fingerprint density at radius 3 is 2.59 bits per heavy atom. The Morgan fingerprint density at radius 2 is 1.85 bits per heavy atom. The molecule has 17 heteroatoms. The van der Waals surface area contributed by atoms with Crippen molar-refractivity contribution in [1.29, 1.82) is 0 Å². The lowest BCUT2D eigenvalue weighted by Gasteiger charge is -2.30. The first-order chi connectivity index (χ1) is 28.1. The molecule has 0 radical (unpaired) electrons. The molecule has 0 bridgehead atoms. The number of pyridine rings is 1. The number of nitrogens with zero attached hydrogens (tertiary/aromatic N) is 3. The Kier molecular flexibility index (Phi) is 11.1. The number of thiazole rings is 1. The number of hydrogen-bond acceptors (Lipinski definition) is 12. The zero-order chi connectivity index (χ0) is 41.7. The number of aromatic nitrogens is 2. The normalized spacial score (nSPS) is 26.7. The summed E-state index contributed by atoms with van der Waals surface area (Å²) >= 11 is 1.61. The van der Waals surface area contributed by atoms with Gasteiger partial charge in [0.1, 0.15) is 51.5 Å². The van der Waals surface area contributed by atoms with E-state index in [1.807, 2.05) is 36.4 Å². The lowest BCUT2D eigenvalue weighted by molar-refractivity contribution is -0.141. The molecule has 316 valence electrons. The first-order valence-electron chi connectivity index (χ1n) is 20.6. The molecule has 2 aliphatic heterocycles. The van der Waals surface area contributed by atoms with Crippen LogP contribution in [0.5, 0.6) is 11.5 Å². The van der Waals surface area contributed by atoms with Crippen LogP contribution in [0.1, 0.15) is 95.6 Å². The van der Waals surface area contributed by atoms with Crippen molar-refractivity contribution in [3.05, 3.63) is 47.0 Å². The number of fused-ring (bicyclic) bond motifs is 4. The van der Waals surface area contributed by atoms with Crippen LogP contribution in [0.25, 0.3) is 21.6 Å². The molecule has 1 saturated heterocycles. The maximum atomic E-state index is 14.7. The minimum Gasteiger partial charge on any atom is -0.497 e. The zero-order valence-corrected chi connectivity index (χ0v) is 35.5. The number of carbonyl (C=O) groups excluding carboxylic acids is 4. The molecule has 59 heavy (non-hydrogen) atoms. The first kappa shape index (κ1) is 41.0. The van der Waals surface area contributed by atoms with Crippen molar-refractivity contribution in [3.8, 4) is 22.2 Å². The molecule has 0 unspecified atom stereocenters. The van der Waals surface area contributed by atoms with Crippen LogP contribution in [0.15, 0.2) is 36.4 Å². The molecule has 8 rings (SSSR count). The zero-order valence-electron chi connectivity index (χ0n) is 33.9. The van der Waals surface area contributed by atoms with Crippen molar-refractivity contribution in [2.75, 3.05) is 13.7 Å². The molecule has 0 spiro atoms. The molecule has 5 aliphatic rings. The highest BCUT2D eigenvalue weighted by Crippen LogP contribution is 2.46. The fraction of sp³-hybridized carbons (Fsp3) is 0.571. The number of ether oxygens (including phenoxy) is 3. The lowest BCUT2D eigenvalue weighted by Crippen LogP contribution is -2.58. The van der Waals surface area contributed by atoms with E-state index in [4.69, 9.17) is 24.2 Å². The highest BCUT2D eigenvalue weighted by atomic mass is 32.2. The number of allylic oxidation sites excluding steroid dienone is 1. The molecule has 3 aliphatic carbocycles. The summed E-state index contributed by atoms with van der Waals surface area (Å²) in [6, 6.07) is 5.20. The van der Waals surface area contributed by atoms with Gasteiger partial charge < -0.3 is 29.7 Å². The topological polar surface area (TPSA) is 195 Å². The van der Waals surface area contributed by atoms with Crippen LogP contribution in [0.4, 0.5) is 4.79 Å². The van der Waals surface area contributed by atoms with Crippen LogP contribution in [0.2, 0.25) is 0 Å². The minimum absolute atomic E-state index is 0.0111. The lowest BCUT2D eigenvalue weighted by atomic mass is 10.0. The highest BCUT2D eigenvalue weighted by Gasteiger charge is 2.62. The van der Waals surface area contributed by atoms with E-state index in [1.54, 1.807) is 39.2 Å². The van der Waals surface area contributed by atoms with Crippen LogP contribution in [-0.2, 0) is 42.0 Å². The van der Waals surface area contributed by atoms with Crippen LogP contribution in [-0.4, -0.2) is 95.3 Å². The smallest absolute Gasteiger partial charge is 0.408 e. The van der Waals surface area contributed by atoms with Gasteiger partial charge in [0.25, 0.3) is 5.91 Å². The Bertz CT molecular complexity index is 2280. The quantitative estimate of drug-likeness (QED) is 0.255. The van der Waals surface area contributed by atoms with Gasteiger partial charge in [-0.3, -0.25) is 19.1 Å². The number of amides is 4. The molecule has 5 atom stereocenters. The van der Waals surface area contributed by atoms with Gasteiger partial charge in [0.2, 0.25) is 21.8 Å². The van der Waals surface area contributed by atoms with E-state index in [0.29, 0.717) is 60.2 Å². The summed E-state index contributed by atoms with van der Waals surface area (Å²) < 4.78 is 45.9. The number of hydrogen-bond donors (Lipinski definition) is 3. The third kappa shape index (κ3) is 8.91. The summed E-state index contributed by atoms with van der Waals surface area (Å²) in [5.41, 5.74) is 0.0132. The second-order valence-electron chi connectivity index (χ2n) is 17.3. The Labute approximate surface area is 348 Å². The van der Waals surface area contributed by atoms with E-state index in [-0.39, 0.29) is 19.4 Å². The number of methoxy groups -OCH3 is 1. The van der Waals surface area contributed by atoms with Gasteiger partial charge in [0.05, 0.1) is 30.1 Å². The third-order valence-electron chi connectivity index (χ3n) is 11.6. The van der Waals surface area contributed by atoms with Crippen LogP contribution in [0, 0.1) is 5.92 Å². The van der Waals surface area contributed by atoms with Crippen LogP contribution in [0.3, 0.4) is 0 Å². The first-order valence-corrected chi connectivity index (χ1v) is 23.0. The number of sulfonamides is 1. The van der Waals surface area contributed by atoms with Crippen molar-refractivity contribution < 1.29 is 41.8 Å². The summed E-state index contributed by atoms with van der Waals surface area (Å²) in [5.74, 6) is -1.23. The van der Waals surface area contributed by atoms with E-state index >= 15 is 0 Å². The maximum Gasteiger partial charge on any atom is 0.408 e. The Balaban J connectivity index is 1.13. The van der Waals surface area contributed by atoms with Crippen molar-refractivity contribution >= 4 is 56.1 Å². The monoisotopic (exact) mass is 848 g/mol. The number of benzene rings is 1. The van der Waals surface area contributed by atoms with Crippen molar-refractivity contribution in [2.24, 2.45) is 5.92 Å². The van der Waals surface area contributed by atoms with Gasteiger partial charge >= 0.3 is 6.09 Å². The number of rotatable bonds is 8. The predicted molar refractivity (Wildman–Crippen MR) is 220 cm³/mol. The molecule has 3 fully saturated rings. The van der Waals surface area contributed by atoms with Crippen molar-refractivity contribution in [1.82, 2.24) is 30.2 Å². The van der Waals surface area contributed by atoms with Crippen LogP contribution >= 0.6 is 11.3 Å². The van der Waals surface area contributed by atoms with Gasteiger partial charge in [0, 0.05) is 34.7 Å². The molecule has 3 aromatic rings. The number of aryl methyl sites for hydroxylation is 2. The third-order valence-corrected chi connectivity index (χ3v) is 14.6. The summed E-state index contributed by atoms with van der Waals surface area (Å²) in [4.78, 5) is 68.8. The molecular weight excluding hydrogens is 797 g/mol.